The first-order valence-corrected chi connectivity index (χ1v) is 8.73. The van der Waals surface area contributed by atoms with Gasteiger partial charge in [0.15, 0.2) is 0 Å². The SMILES string of the molecule is C=CCN(Cc1ccccc1)C(=O)c1sc(CC(C)C)nc1C. The Morgan fingerprint density at radius 1 is 1.35 bits per heavy atom. The van der Waals surface area contributed by atoms with Gasteiger partial charge in [-0.3, -0.25) is 4.79 Å². The monoisotopic (exact) mass is 328 g/mol. The molecular weight excluding hydrogens is 304 g/mol. The molecule has 4 heteroatoms. The lowest BCUT2D eigenvalue weighted by Gasteiger charge is -2.20. The molecule has 2 aromatic rings. The molecule has 1 amide bonds. The quantitative estimate of drug-likeness (QED) is 0.702. The summed E-state index contributed by atoms with van der Waals surface area (Å²) in [6, 6.07) is 10.0. The molecule has 1 aromatic carbocycles. The van der Waals surface area contributed by atoms with Crippen LogP contribution in [0.3, 0.4) is 0 Å². The van der Waals surface area contributed by atoms with Crippen molar-refractivity contribution in [1.29, 1.82) is 0 Å². The Labute approximate surface area is 142 Å². The number of hydrogen-bond acceptors (Lipinski definition) is 3. The molecule has 3 nitrogen and oxygen atoms in total. The molecule has 1 heterocycles. The first kappa shape index (κ1) is 17.4. The van der Waals surface area contributed by atoms with Crippen molar-refractivity contribution in [3.8, 4) is 0 Å². The molecule has 0 aliphatic carbocycles. The number of hydrogen-bond donors (Lipinski definition) is 0. The third kappa shape index (κ3) is 4.76. The first-order valence-electron chi connectivity index (χ1n) is 7.91. The van der Waals surface area contributed by atoms with Crippen LogP contribution in [-0.4, -0.2) is 22.3 Å². The predicted molar refractivity (Wildman–Crippen MR) is 96.8 cm³/mol. The highest BCUT2D eigenvalue weighted by atomic mass is 32.1. The van der Waals surface area contributed by atoms with Gasteiger partial charge in [-0.05, 0) is 18.4 Å². The van der Waals surface area contributed by atoms with Gasteiger partial charge in [0.1, 0.15) is 4.88 Å². The van der Waals surface area contributed by atoms with Crippen molar-refractivity contribution < 1.29 is 4.79 Å². The van der Waals surface area contributed by atoms with Crippen molar-refractivity contribution in [2.75, 3.05) is 6.54 Å². The second-order valence-corrected chi connectivity index (χ2v) is 7.16. The van der Waals surface area contributed by atoms with Gasteiger partial charge in [-0.1, -0.05) is 50.3 Å². The number of aryl methyl sites for hydroxylation is 1. The summed E-state index contributed by atoms with van der Waals surface area (Å²) >= 11 is 1.52. The van der Waals surface area contributed by atoms with Gasteiger partial charge in [0.25, 0.3) is 5.91 Å². The van der Waals surface area contributed by atoms with Gasteiger partial charge in [-0.25, -0.2) is 4.98 Å². The van der Waals surface area contributed by atoms with E-state index in [-0.39, 0.29) is 5.91 Å². The molecule has 23 heavy (non-hydrogen) atoms. The smallest absolute Gasteiger partial charge is 0.266 e. The van der Waals surface area contributed by atoms with Crippen molar-refractivity contribution in [3.63, 3.8) is 0 Å². The lowest BCUT2D eigenvalue weighted by molar-refractivity contribution is 0.0766. The van der Waals surface area contributed by atoms with E-state index in [0.29, 0.717) is 19.0 Å². The average Bonchev–Trinajstić information content (AvgIpc) is 2.87. The van der Waals surface area contributed by atoms with Crippen LogP contribution in [0.5, 0.6) is 0 Å². The normalized spacial score (nSPS) is 10.8. The zero-order chi connectivity index (χ0) is 16.8. The Hall–Kier alpha value is -1.94. The van der Waals surface area contributed by atoms with Gasteiger partial charge in [0, 0.05) is 19.5 Å². The summed E-state index contributed by atoms with van der Waals surface area (Å²) in [4.78, 5) is 20.0. The lowest BCUT2D eigenvalue weighted by atomic mass is 10.1. The Kier molecular flexibility index (Phi) is 6.11. The van der Waals surface area contributed by atoms with Crippen molar-refractivity contribution in [3.05, 3.63) is 64.1 Å². The van der Waals surface area contributed by atoms with E-state index in [2.05, 4.69) is 25.4 Å². The Morgan fingerprint density at radius 2 is 2.04 bits per heavy atom. The van der Waals surface area contributed by atoms with E-state index in [1.807, 2.05) is 42.2 Å². The molecule has 1 aromatic heterocycles. The van der Waals surface area contributed by atoms with Crippen LogP contribution >= 0.6 is 11.3 Å². The molecule has 0 N–H and O–H groups in total. The molecule has 0 spiro atoms. The van der Waals surface area contributed by atoms with Crippen molar-refractivity contribution in [1.82, 2.24) is 9.88 Å². The standard InChI is InChI=1S/C19H24N2OS/c1-5-11-21(13-16-9-7-6-8-10-16)19(22)18-15(4)20-17(23-18)12-14(2)3/h5-10,14H,1,11-13H2,2-4H3. The molecule has 122 valence electrons. The second-order valence-electron chi connectivity index (χ2n) is 6.08. The van der Waals surface area contributed by atoms with E-state index in [1.54, 1.807) is 6.08 Å². The fourth-order valence-electron chi connectivity index (χ4n) is 2.41. The van der Waals surface area contributed by atoms with Crippen LogP contribution < -0.4 is 0 Å². The lowest BCUT2D eigenvalue weighted by Crippen LogP contribution is -2.30. The summed E-state index contributed by atoms with van der Waals surface area (Å²) in [5.74, 6) is 0.579. The summed E-state index contributed by atoms with van der Waals surface area (Å²) in [6.07, 6.45) is 2.69. The maximum Gasteiger partial charge on any atom is 0.266 e. The second kappa shape index (κ2) is 8.06. The summed E-state index contributed by atoms with van der Waals surface area (Å²) in [7, 11) is 0. The van der Waals surface area contributed by atoms with Gasteiger partial charge in [-0.15, -0.1) is 17.9 Å². The van der Waals surface area contributed by atoms with Crippen LogP contribution in [0, 0.1) is 12.8 Å². The van der Waals surface area contributed by atoms with Crippen molar-refractivity contribution in [2.24, 2.45) is 5.92 Å². The Balaban J connectivity index is 2.20. The Morgan fingerprint density at radius 3 is 2.65 bits per heavy atom. The maximum atomic E-state index is 12.9. The van der Waals surface area contributed by atoms with E-state index in [4.69, 9.17) is 0 Å². The molecule has 0 aliphatic heterocycles. The van der Waals surface area contributed by atoms with Gasteiger partial charge >= 0.3 is 0 Å². The van der Waals surface area contributed by atoms with E-state index >= 15 is 0 Å². The molecule has 0 unspecified atom stereocenters. The van der Waals surface area contributed by atoms with E-state index in [1.165, 1.54) is 11.3 Å². The molecule has 0 aliphatic rings. The number of carbonyl (C=O) groups is 1. The highest BCUT2D eigenvalue weighted by molar-refractivity contribution is 7.13. The molecule has 0 saturated carbocycles. The number of carbonyl (C=O) groups excluding carboxylic acids is 1. The average molecular weight is 328 g/mol. The minimum atomic E-state index is 0.0405. The van der Waals surface area contributed by atoms with Gasteiger partial charge < -0.3 is 4.90 Å². The van der Waals surface area contributed by atoms with Crippen molar-refractivity contribution in [2.45, 2.75) is 33.7 Å². The first-order chi connectivity index (χ1) is 11.0. The highest BCUT2D eigenvalue weighted by Crippen LogP contribution is 2.23. The van der Waals surface area contributed by atoms with Crippen LogP contribution in [0.25, 0.3) is 0 Å². The number of aromatic nitrogens is 1. The molecule has 0 radical (unpaired) electrons. The number of benzene rings is 1. The fourth-order valence-corrected chi connectivity index (χ4v) is 3.65. The maximum absolute atomic E-state index is 12.9. The van der Waals surface area contributed by atoms with E-state index < -0.39 is 0 Å². The molecule has 0 saturated heterocycles. The van der Waals surface area contributed by atoms with E-state index in [9.17, 15) is 4.79 Å². The van der Waals surface area contributed by atoms with Crippen molar-refractivity contribution >= 4 is 17.2 Å². The summed E-state index contributed by atoms with van der Waals surface area (Å²) < 4.78 is 0. The van der Waals surface area contributed by atoms with Gasteiger partial charge in [0.05, 0.1) is 10.7 Å². The fraction of sp³-hybridized carbons (Fsp3) is 0.368. The largest absolute Gasteiger partial charge is 0.330 e. The van der Waals surface area contributed by atoms with Crippen LogP contribution in [0.4, 0.5) is 0 Å². The van der Waals surface area contributed by atoms with Gasteiger partial charge in [0.2, 0.25) is 0 Å². The van der Waals surface area contributed by atoms with E-state index in [0.717, 1.165) is 27.6 Å². The molecular formula is C19H24N2OS. The predicted octanol–water partition coefficient (Wildman–Crippen LogP) is 4.48. The Bertz CT molecular complexity index is 661. The minimum absolute atomic E-state index is 0.0405. The van der Waals surface area contributed by atoms with Crippen LogP contribution in [0.1, 0.15) is 39.8 Å². The molecule has 0 atom stereocenters. The summed E-state index contributed by atoms with van der Waals surface area (Å²) in [5.41, 5.74) is 1.95. The molecule has 0 bridgehead atoms. The molecule has 0 fully saturated rings. The van der Waals surface area contributed by atoms with Gasteiger partial charge in [-0.2, -0.15) is 0 Å². The van der Waals surface area contributed by atoms with Crippen LogP contribution in [-0.2, 0) is 13.0 Å². The number of nitrogens with zero attached hydrogens (tertiary/aromatic N) is 2. The number of rotatable bonds is 7. The minimum Gasteiger partial charge on any atom is -0.330 e. The number of amides is 1. The summed E-state index contributed by atoms with van der Waals surface area (Å²) in [5, 5.41) is 1.04. The highest BCUT2D eigenvalue weighted by Gasteiger charge is 2.21. The topological polar surface area (TPSA) is 33.2 Å². The summed E-state index contributed by atoms with van der Waals surface area (Å²) in [6.45, 7) is 11.1. The zero-order valence-corrected chi connectivity index (χ0v) is 14.9. The van der Waals surface area contributed by atoms with Crippen LogP contribution in [0.2, 0.25) is 0 Å². The molecule has 2 rings (SSSR count). The number of thiazole rings is 1. The zero-order valence-electron chi connectivity index (χ0n) is 14.1. The third-order valence-corrected chi connectivity index (χ3v) is 4.64. The third-order valence-electron chi connectivity index (χ3n) is 3.47. The van der Waals surface area contributed by atoms with Crippen LogP contribution in [0.15, 0.2) is 43.0 Å².